The molecule has 2 bridgehead atoms. The number of fused-ring (bicyclic) bond motifs is 5. The fourth-order valence-corrected chi connectivity index (χ4v) is 9.21. The van der Waals surface area contributed by atoms with Gasteiger partial charge in [0.05, 0.1) is 13.1 Å². The second-order valence-electron chi connectivity index (χ2n) is 14.3. The van der Waals surface area contributed by atoms with E-state index in [2.05, 4.69) is 176 Å². The molecule has 49 heavy (non-hydrogen) atoms. The summed E-state index contributed by atoms with van der Waals surface area (Å²) in [5, 5.41) is 15.9. The molecule has 3 saturated heterocycles. The Balaban J connectivity index is 0.000000142. The van der Waals surface area contributed by atoms with E-state index in [0.717, 1.165) is 17.6 Å². The van der Waals surface area contributed by atoms with Crippen LogP contribution in [0.5, 0.6) is 0 Å². The van der Waals surface area contributed by atoms with E-state index in [1.165, 1.54) is 74.9 Å². The van der Waals surface area contributed by atoms with Gasteiger partial charge in [-0.1, -0.05) is 170 Å². The predicted molar refractivity (Wildman–Crippen MR) is 209 cm³/mol. The molecule has 1 unspecified atom stereocenters. The number of quaternary nitrogens is 1. The zero-order valence-corrected chi connectivity index (χ0v) is 28.1. The van der Waals surface area contributed by atoms with E-state index in [0.29, 0.717) is 5.92 Å². The number of hydrogen-bond acceptors (Lipinski definition) is 1. The highest BCUT2D eigenvalue weighted by molar-refractivity contribution is 7.19. The Labute approximate surface area is 290 Å². The molecule has 1 atom stereocenters. The Morgan fingerprint density at radius 3 is 1.24 bits per heavy atom. The lowest BCUT2D eigenvalue weighted by Gasteiger charge is -2.51. The van der Waals surface area contributed by atoms with Crippen molar-refractivity contribution in [2.75, 3.05) is 19.6 Å². The number of aliphatic hydroxyl groups is 1. The highest BCUT2D eigenvalue weighted by Crippen LogP contribution is 2.38. The van der Waals surface area contributed by atoms with E-state index in [4.69, 9.17) is 0 Å². The Hall–Kier alpha value is -4.96. The minimum atomic E-state index is -1.22. The summed E-state index contributed by atoms with van der Waals surface area (Å²) < 4.78 is 1.07. The van der Waals surface area contributed by atoms with Crippen LogP contribution >= 0.6 is 0 Å². The van der Waals surface area contributed by atoms with Crippen LogP contribution in [0.25, 0.3) is 21.5 Å². The molecule has 1 N–H and O–H groups in total. The fraction of sp³-hybridized carbons (Fsp3) is 0.174. The predicted octanol–water partition coefficient (Wildman–Crippen LogP) is 7.16. The first kappa shape index (κ1) is 31.3. The van der Waals surface area contributed by atoms with Crippen LogP contribution in [0.4, 0.5) is 0 Å². The van der Waals surface area contributed by atoms with Gasteiger partial charge in [0, 0.05) is 24.3 Å². The van der Waals surface area contributed by atoms with E-state index in [1.807, 2.05) is 0 Å². The third-order valence-electron chi connectivity index (χ3n) is 11.6. The molecule has 3 aliphatic rings. The number of piperidine rings is 3. The minimum absolute atomic E-state index is 0.103. The lowest BCUT2D eigenvalue weighted by Crippen LogP contribution is -2.74. The molecule has 0 aliphatic carbocycles. The normalized spacial score (nSPS) is 20.1. The SMILES string of the molecule is OC1C[N+]2(Cc3c4ccccc4cc4ccccc34)CCC1CC2.c1ccc([B-](c2ccccc2)(c2ccccc2)c2ccccc2)cc1. The van der Waals surface area contributed by atoms with E-state index in [-0.39, 0.29) is 6.10 Å². The molecule has 0 radical (unpaired) electrons. The van der Waals surface area contributed by atoms with Gasteiger partial charge in [0.25, 0.3) is 0 Å². The molecule has 10 rings (SSSR count). The lowest BCUT2D eigenvalue weighted by molar-refractivity contribution is -0.958. The molecular weight excluding hydrogens is 593 g/mol. The second kappa shape index (κ2) is 13.5. The van der Waals surface area contributed by atoms with Gasteiger partial charge in [-0.25, -0.2) is 0 Å². The van der Waals surface area contributed by atoms with Crippen molar-refractivity contribution in [3.8, 4) is 0 Å². The summed E-state index contributed by atoms with van der Waals surface area (Å²) in [6.45, 7) is 4.42. The number of aliphatic hydroxyl groups excluding tert-OH is 1. The van der Waals surface area contributed by atoms with Gasteiger partial charge >= 0.3 is 0 Å². The third kappa shape index (κ3) is 5.88. The molecule has 7 aromatic rings. The number of hydrogen-bond donors (Lipinski definition) is 1. The van der Waals surface area contributed by atoms with E-state index >= 15 is 0 Å². The molecule has 3 aliphatic heterocycles. The summed E-state index contributed by atoms with van der Waals surface area (Å²) in [4.78, 5) is 0. The van der Waals surface area contributed by atoms with Gasteiger partial charge in [-0.3, -0.25) is 0 Å². The van der Waals surface area contributed by atoms with Crippen molar-refractivity contribution in [3.05, 3.63) is 181 Å². The highest BCUT2D eigenvalue weighted by Gasteiger charge is 2.45. The lowest BCUT2D eigenvalue weighted by atomic mass is 9.13. The minimum Gasteiger partial charge on any atom is -0.387 e. The maximum Gasteiger partial charge on any atom is 0.108 e. The molecule has 0 spiro atoms. The van der Waals surface area contributed by atoms with Crippen molar-refractivity contribution < 1.29 is 9.59 Å². The molecule has 7 aromatic carbocycles. The Morgan fingerprint density at radius 1 is 0.490 bits per heavy atom. The summed E-state index contributed by atoms with van der Waals surface area (Å²) in [5.74, 6) is 0.550. The van der Waals surface area contributed by atoms with Crippen LogP contribution in [-0.4, -0.2) is 41.5 Å². The average molecular weight is 638 g/mol. The van der Waals surface area contributed by atoms with Crippen molar-refractivity contribution in [3.63, 3.8) is 0 Å². The fourth-order valence-electron chi connectivity index (χ4n) is 9.21. The van der Waals surface area contributed by atoms with Crippen molar-refractivity contribution >= 4 is 49.5 Å². The first-order valence-corrected chi connectivity index (χ1v) is 18.0. The van der Waals surface area contributed by atoms with Crippen molar-refractivity contribution in [1.82, 2.24) is 0 Å². The van der Waals surface area contributed by atoms with Crippen LogP contribution in [0.2, 0.25) is 0 Å². The molecule has 242 valence electrons. The maximum atomic E-state index is 10.5. The molecule has 0 aromatic heterocycles. The first-order chi connectivity index (χ1) is 24.2. The molecule has 3 heterocycles. The quantitative estimate of drug-likeness (QED) is 0.117. The largest absolute Gasteiger partial charge is 0.387 e. The number of nitrogens with zero attached hydrogens (tertiary/aromatic N) is 1. The van der Waals surface area contributed by atoms with Gasteiger partial charge in [-0.05, 0) is 27.6 Å². The third-order valence-corrected chi connectivity index (χ3v) is 11.6. The van der Waals surface area contributed by atoms with Crippen LogP contribution in [0, 0.1) is 5.92 Å². The Morgan fingerprint density at radius 2 is 0.857 bits per heavy atom. The molecular formula is C46H44BNO. The van der Waals surface area contributed by atoms with Gasteiger partial charge in [0.1, 0.15) is 25.3 Å². The zero-order chi connectivity index (χ0) is 33.1. The summed E-state index contributed by atoms with van der Waals surface area (Å²) in [6.07, 6.45) is 1.05. The molecule has 3 fully saturated rings. The first-order valence-electron chi connectivity index (χ1n) is 18.0. The van der Waals surface area contributed by atoms with Gasteiger partial charge in [0.15, 0.2) is 0 Å². The van der Waals surface area contributed by atoms with Crippen molar-refractivity contribution in [2.24, 2.45) is 5.92 Å². The van der Waals surface area contributed by atoms with Crippen LogP contribution < -0.4 is 21.9 Å². The van der Waals surface area contributed by atoms with Crippen LogP contribution in [0.15, 0.2) is 176 Å². The van der Waals surface area contributed by atoms with Crippen molar-refractivity contribution in [2.45, 2.75) is 25.5 Å². The summed E-state index contributed by atoms with van der Waals surface area (Å²) in [6, 6.07) is 63.4. The summed E-state index contributed by atoms with van der Waals surface area (Å²) >= 11 is 0. The van der Waals surface area contributed by atoms with E-state index in [9.17, 15) is 5.11 Å². The maximum absolute atomic E-state index is 10.5. The average Bonchev–Trinajstić information content (AvgIpc) is 3.17. The molecule has 0 saturated carbocycles. The summed E-state index contributed by atoms with van der Waals surface area (Å²) in [7, 11) is 0. The zero-order valence-electron chi connectivity index (χ0n) is 28.1. The standard InChI is InChI=1S/C24H20B.C22H24NO/c1-5-13-21(14-6-1)25(22-15-7-2-8-16-22,23-17-9-3-10-18-23)24-19-11-4-12-20-24;24-22-15-23(11-9-16(22)10-12-23)14-21-19-7-3-1-5-17(19)13-18-6-2-4-8-20(18)21/h1-20H;1-8,13,16,22,24H,9-12,14-15H2/q-1;+1. The van der Waals surface area contributed by atoms with Gasteiger partial charge < -0.3 is 9.59 Å². The Bertz CT molecular complexity index is 1930. The smallest absolute Gasteiger partial charge is 0.108 e. The second-order valence-corrected chi connectivity index (χ2v) is 14.3. The summed E-state index contributed by atoms with van der Waals surface area (Å²) in [5.41, 5.74) is 6.82. The number of rotatable bonds is 6. The monoisotopic (exact) mass is 637 g/mol. The van der Waals surface area contributed by atoms with Gasteiger partial charge in [-0.15, -0.1) is 0 Å². The van der Waals surface area contributed by atoms with Crippen LogP contribution in [0.1, 0.15) is 18.4 Å². The van der Waals surface area contributed by atoms with Gasteiger partial charge in [-0.2, -0.15) is 21.9 Å². The van der Waals surface area contributed by atoms with E-state index in [1.54, 1.807) is 0 Å². The molecule has 3 heteroatoms. The molecule has 2 nitrogen and oxygen atoms in total. The molecule has 0 amide bonds. The topological polar surface area (TPSA) is 20.2 Å². The van der Waals surface area contributed by atoms with Gasteiger partial charge in [0.2, 0.25) is 0 Å². The van der Waals surface area contributed by atoms with E-state index < -0.39 is 6.15 Å². The Kier molecular flexibility index (Phi) is 8.64. The van der Waals surface area contributed by atoms with Crippen LogP contribution in [-0.2, 0) is 6.54 Å². The highest BCUT2D eigenvalue weighted by atomic mass is 16.3. The van der Waals surface area contributed by atoms with Crippen molar-refractivity contribution in [1.29, 1.82) is 0 Å². The van der Waals surface area contributed by atoms with Crippen LogP contribution in [0.3, 0.4) is 0 Å². The number of benzene rings is 7.